The predicted octanol–water partition coefficient (Wildman–Crippen LogP) is 1.13. The first-order chi connectivity index (χ1) is 7.61. The van der Waals surface area contributed by atoms with E-state index in [-0.39, 0.29) is 5.82 Å². The van der Waals surface area contributed by atoms with Gasteiger partial charge in [-0.1, -0.05) is 35.0 Å². The smallest absolute Gasteiger partial charge is 0.172 e. The molecule has 16 heavy (non-hydrogen) atoms. The van der Waals surface area contributed by atoms with Crippen molar-refractivity contribution in [3.8, 4) is 0 Å². The molecule has 84 valence electrons. The third-order valence-electron chi connectivity index (χ3n) is 2.36. The fraction of sp³-hybridized carbons (Fsp3) is 0.200. The molecule has 0 spiro atoms. The third-order valence-corrected chi connectivity index (χ3v) is 2.70. The maximum absolute atomic E-state index is 10.2. The van der Waals surface area contributed by atoms with Crippen LogP contribution in [0, 0.1) is 0 Å². The molecule has 0 fully saturated rings. The van der Waals surface area contributed by atoms with Gasteiger partial charge in [0.05, 0.1) is 0 Å². The Kier molecular flexibility index (Phi) is 2.80. The molecule has 5 nitrogen and oxygen atoms in total. The first-order valence-corrected chi connectivity index (χ1v) is 5.06. The zero-order valence-electron chi connectivity index (χ0n) is 8.63. The fourth-order valence-electron chi connectivity index (χ4n) is 1.54. The van der Waals surface area contributed by atoms with E-state index in [0.29, 0.717) is 16.3 Å². The van der Waals surface area contributed by atoms with Gasteiger partial charge in [0.25, 0.3) is 0 Å². The summed E-state index contributed by atoms with van der Waals surface area (Å²) >= 11 is 5.99. The molecule has 6 heteroatoms. The van der Waals surface area contributed by atoms with Crippen molar-refractivity contribution in [1.29, 1.82) is 0 Å². The first-order valence-electron chi connectivity index (χ1n) is 4.68. The van der Waals surface area contributed by atoms with E-state index >= 15 is 0 Å². The van der Waals surface area contributed by atoms with Gasteiger partial charge in [-0.2, -0.15) is 0 Å². The number of nitrogens with zero attached hydrogens (tertiary/aromatic N) is 3. The summed E-state index contributed by atoms with van der Waals surface area (Å²) in [7, 11) is 1.67. The maximum Gasteiger partial charge on any atom is 0.172 e. The quantitative estimate of drug-likeness (QED) is 0.822. The average Bonchev–Trinajstić information content (AvgIpc) is 2.58. The number of hydrogen-bond donors (Lipinski definition) is 2. The predicted molar refractivity (Wildman–Crippen MR) is 60.9 cm³/mol. The lowest BCUT2D eigenvalue weighted by atomic mass is 10.1. The standard InChI is InChI=1S/C10H11ClN4O/c1-15-8(10(12)13-14-15)9(16)6-4-2-3-5-7(6)11/h2-5,9,16H,12H2,1H3. The van der Waals surface area contributed by atoms with E-state index in [1.54, 1.807) is 31.3 Å². The second-order valence-corrected chi connectivity index (χ2v) is 3.81. The molecule has 3 N–H and O–H groups in total. The Balaban J connectivity index is 2.47. The summed E-state index contributed by atoms with van der Waals surface area (Å²) < 4.78 is 1.43. The number of nitrogen functional groups attached to an aromatic ring is 1. The van der Waals surface area contributed by atoms with Crippen molar-refractivity contribution >= 4 is 17.4 Å². The summed E-state index contributed by atoms with van der Waals surface area (Å²) in [6.07, 6.45) is -0.923. The number of nitrogens with two attached hydrogens (primary N) is 1. The lowest BCUT2D eigenvalue weighted by Gasteiger charge is -2.12. The molecular formula is C10H11ClN4O. The van der Waals surface area contributed by atoms with Gasteiger partial charge in [0.1, 0.15) is 11.8 Å². The number of anilines is 1. The average molecular weight is 239 g/mol. The first kappa shape index (κ1) is 10.9. The molecule has 0 aliphatic carbocycles. The van der Waals surface area contributed by atoms with E-state index < -0.39 is 6.10 Å². The van der Waals surface area contributed by atoms with Crippen molar-refractivity contribution in [3.05, 3.63) is 40.5 Å². The van der Waals surface area contributed by atoms with Crippen LogP contribution in [0.4, 0.5) is 5.82 Å². The van der Waals surface area contributed by atoms with Gasteiger partial charge in [0, 0.05) is 17.6 Å². The van der Waals surface area contributed by atoms with Crippen LogP contribution in [0.5, 0.6) is 0 Å². The Morgan fingerprint density at radius 1 is 1.44 bits per heavy atom. The second kappa shape index (κ2) is 4.11. The molecule has 1 aromatic carbocycles. The van der Waals surface area contributed by atoms with Crippen LogP contribution in [0.25, 0.3) is 0 Å². The zero-order valence-corrected chi connectivity index (χ0v) is 9.39. The molecule has 2 aromatic rings. The topological polar surface area (TPSA) is 77.0 Å². The van der Waals surface area contributed by atoms with Crippen LogP contribution >= 0.6 is 11.6 Å². The molecule has 0 aliphatic heterocycles. The molecule has 1 heterocycles. The monoisotopic (exact) mass is 238 g/mol. The SMILES string of the molecule is Cn1nnc(N)c1C(O)c1ccccc1Cl. The summed E-state index contributed by atoms with van der Waals surface area (Å²) in [6, 6.07) is 7.04. The summed E-state index contributed by atoms with van der Waals surface area (Å²) in [5.41, 5.74) is 6.65. The summed E-state index contributed by atoms with van der Waals surface area (Å²) in [4.78, 5) is 0. The van der Waals surface area contributed by atoms with E-state index in [1.807, 2.05) is 0 Å². The summed E-state index contributed by atoms with van der Waals surface area (Å²) in [5, 5.41) is 18.1. The van der Waals surface area contributed by atoms with Crippen molar-refractivity contribution in [1.82, 2.24) is 15.0 Å². The van der Waals surface area contributed by atoms with E-state index in [1.165, 1.54) is 4.68 Å². The lowest BCUT2D eigenvalue weighted by molar-refractivity contribution is 0.210. The van der Waals surface area contributed by atoms with Crippen LogP contribution in [-0.4, -0.2) is 20.1 Å². The Bertz CT molecular complexity index is 492. The number of benzene rings is 1. The molecule has 0 amide bonds. The van der Waals surface area contributed by atoms with Crippen LogP contribution in [0.15, 0.2) is 24.3 Å². The Labute approximate surface area is 97.5 Å². The van der Waals surface area contributed by atoms with E-state index in [4.69, 9.17) is 17.3 Å². The Morgan fingerprint density at radius 3 is 2.69 bits per heavy atom. The fourth-order valence-corrected chi connectivity index (χ4v) is 1.78. The van der Waals surface area contributed by atoms with Crippen molar-refractivity contribution in [2.75, 3.05) is 5.73 Å². The van der Waals surface area contributed by atoms with Gasteiger partial charge in [-0.05, 0) is 6.07 Å². The normalized spacial score (nSPS) is 12.7. The molecule has 0 aliphatic rings. The van der Waals surface area contributed by atoms with Crippen molar-refractivity contribution in [2.45, 2.75) is 6.10 Å². The van der Waals surface area contributed by atoms with Crippen LogP contribution in [0.2, 0.25) is 5.02 Å². The maximum atomic E-state index is 10.2. The molecule has 1 unspecified atom stereocenters. The number of hydrogen-bond acceptors (Lipinski definition) is 4. The van der Waals surface area contributed by atoms with Crippen molar-refractivity contribution in [2.24, 2.45) is 7.05 Å². The molecule has 1 atom stereocenters. The number of rotatable bonds is 2. The molecule has 0 saturated carbocycles. The van der Waals surface area contributed by atoms with Gasteiger partial charge >= 0.3 is 0 Å². The van der Waals surface area contributed by atoms with Gasteiger partial charge in [0.15, 0.2) is 5.82 Å². The number of aryl methyl sites for hydroxylation is 1. The van der Waals surface area contributed by atoms with Gasteiger partial charge < -0.3 is 10.8 Å². The minimum Gasteiger partial charge on any atom is -0.382 e. The van der Waals surface area contributed by atoms with E-state index in [2.05, 4.69) is 10.3 Å². The minimum atomic E-state index is -0.923. The van der Waals surface area contributed by atoms with E-state index in [0.717, 1.165) is 0 Å². The largest absolute Gasteiger partial charge is 0.382 e. The summed E-state index contributed by atoms with van der Waals surface area (Å²) in [6.45, 7) is 0. The van der Waals surface area contributed by atoms with Crippen LogP contribution < -0.4 is 5.73 Å². The molecule has 1 aromatic heterocycles. The molecule has 0 bridgehead atoms. The van der Waals surface area contributed by atoms with Crippen LogP contribution in [0.3, 0.4) is 0 Å². The third kappa shape index (κ3) is 1.75. The number of aliphatic hydroxyl groups is 1. The molecular weight excluding hydrogens is 228 g/mol. The van der Waals surface area contributed by atoms with Gasteiger partial charge in [0.2, 0.25) is 0 Å². The molecule has 0 radical (unpaired) electrons. The second-order valence-electron chi connectivity index (χ2n) is 3.41. The number of aromatic nitrogens is 3. The van der Waals surface area contributed by atoms with Gasteiger partial charge in [-0.25, -0.2) is 4.68 Å². The van der Waals surface area contributed by atoms with Crippen molar-refractivity contribution < 1.29 is 5.11 Å². The Hall–Kier alpha value is -1.59. The lowest BCUT2D eigenvalue weighted by Crippen LogP contribution is -2.09. The van der Waals surface area contributed by atoms with Crippen LogP contribution in [0.1, 0.15) is 17.4 Å². The number of aliphatic hydroxyl groups excluding tert-OH is 1. The zero-order chi connectivity index (χ0) is 11.7. The highest BCUT2D eigenvalue weighted by Gasteiger charge is 2.20. The van der Waals surface area contributed by atoms with Crippen LogP contribution in [-0.2, 0) is 7.05 Å². The van der Waals surface area contributed by atoms with Gasteiger partial charge in [-0.3, -0.25) is 0 Å². The Morgan fingerprint density at radius 2 is 2.12 bits per heavy atom. The van der Waals surface area contributed by atoms with E-state index in [9.17, 15) is 5.11 Å². The summed E-state index contributed by atoms with van der Waals surface area (Å²) in [5.74, 6) is 0.204. The van der Waals surface area contributed by atoms with Gasteiger partial charge in [-0.15, -0.1) is 5.10 Å². The van der Waals surface area contributed by atoms with Crippen molar-refractivity contribution in [3.63, 3.8) is 0 Å². The molecule has 0 saturated heterocycles. The minimum absolute atomic E-state index is 0.204. The number of halogens is 1. The highest BCUT2D eigenvalue weighted by atomic mass is 35.5. The highest BCUT2D eigenvalue weighted by molar-refractivity contribution is 6.31. The highest BCUT2D eigenvalue weighted by Crippen LogP contribution is 2.29. The molecule has 2 rings (SSSR count).